The van der Waals surface area contributed by atoms with Crippen LogP contribution < -0.4 is 20.3 Å². The van der Waals surface area contributed by atoms with Crippen LogP contribution in [0.2, 0.25) is 0 Å². The van der Waals surface area contributed by atoms with Gasteiger partial charge in [0.1, 0.15) is 5.56 Å². The molecule has 0 unspecified atom stereocenters. The predicted octanol–water partition coefficient (Wildman–Crippen LogP) is 1.57. The summed E-state index contributed by atoms with van der Waals surface area (Å²) in [4.78, 5) is 32.4. The highest BCUT2D eigenvalue weighted by atomic mass is 16.7. The number of aromatic nitrogens is 3. The minimum atomic E-state index is -0.396. The van der Waals surface area contributed by atoms with Gasteiger partial charge in [-0.2, -0.15) is 0 Å². The maximum atomic E-state index is 12.9. The standard InChI is InChI=1S/C19H18N4O4/c1-12-5-7-23(14-2-3-15-16(8-14)27-11-26-15)19(25)17(12)18(24)21-6-4-13-9-20-10-22-13/h2-3,5,7-10H,4,6,11H2,1H3,(H,20,22)(H,21,24). The van der Waals surface area contributed by atoms with Crippen molar-refractivity contribution in [3.05, 3.63) is 70.2 Å². The second kappa shape index (κ2) is 6.99. The molecule has 0 bridgehead atoms. The maximum absolute atomic E-state index is 12.9. The number of nitrogens with zero attached hydrogens (tertiary/aromatic N) is 2. The predicted molar refractivity (Wildman–Crippen MR) is 97.5 cm³/mol. The van der Waals surface area contributed by atoms with E-state index in [1.807, 2.05) is 0 Å². The highest BCUT2D eigenvalue weighted by Gasteiger charge is 2.18. The highest BCUT2D eigenvalue weighted by Crippen LogP contribution is 2.33. The Bertz CT molecular complexity index is 1040. The van der Waals surface area contributed by atoms with Crippen molar-refractivity contribution in [2.45, 2.75) is 13.3 Å². The molecule has 27 heavy (non-hydrogen) atoms. The minimum absolute atomic E-state index is 0.125. The van der Waals surface area contributed by atoms with E-state index in [1.54, 1.807) is 49.9 Å². The fourth-order valence-electron chi connectivity index (χ4n) is 2.96. The second-order valence-corrected chi connectivity index (χ2v) is 6.17. The van der Waals surface area contributed by atoms with Gasteiger partial charge in [0.2, 0.25) is 6.79 Å². The van der Waals surface area contributed by atoms with Crippen LogP contribution in [0.25, 0.3) is 5.69 Å². The fraction of sp³-hybridized carbons (Fsp3) is 0.211. The van der Waals surface area contributed by atoms with Crippen molar-refractivity contribution in [1.82, 2.24) is 19.9 Å². The number of imidazole rings is 1. The lowest BCUT2D eigenvalue weighted by atomic mass is 10.1. The van der Waals surface area contributed by atoms with Gasteiger partial charge in [-0.05, 0) is 30.7 Å². The molecular weight excluding hydrogens is 348 g/mol. The van der Waals surface area contributed by atoms with E-state index in [2.05, 4.69) is 15.3 Å². The van der Waals surface area contributed by atoms with E-state index < -0.39 is 5.91 Å². The highest BCUT2D eigenvalue weighted by molar-refractivity contribution is 5.95. The van der Waals surface area contributed by atoms with Gasteiger partial charge >= 0.3 is 0 Å². The molecule has 0 saturated heterocycles. The normalized spacial score (nSPS) is 12.2. The van der Waals surface area contributed by atoms with E-state index >= 15 is 0 Å². The summed E-state index contributed by atoms with van der Waals surface area (Å²) in [6.07, 6.45) is 5.54. The number of aryl methyl sites for hydroxylation is 1. The van der Waals surface area contributed by atoms with Crippen molar-refractivity contribution in [2.24, 2.45) is 0 Å². The molecule has 0 radical (unpaired) electrons. The van der Waals surface area contributed by atoms with Crippen molar-refractivity contribution in [2.75, 3.05) is 13.3 Å². The van der Waals surface area contributed by atoms with Crippen LogP contribution in [-0.4, -0.2) is 33.8 Å². The topological polar surface area (TPSA) is 98.2 Å². The Morgan fingerprint density at radius 1 is 1.30 bits per heavy atom. The summed E-state index contributed by atoms with van der Waals surface area (Å²) in [6.45, 7) is 2.31. The van der Waals surface area contributed by atoms with Crippen molar-refractivity contribution in [3.63, 3.8) is 0 Å². The third kappa shape index (κ3) is 3.29. The Labute approximate surface area is 154 Å². The number of carbonyl (C=O) groups is 1. The molecule has 0 spiro atoms. The zero-order valence-electron chi connectivity index (χ0n) is 14.7. The number of rotatable bonds is 5. The average Bonchev–Trinajstić information content (AvgIpc) is 3.32. The molecule has 8 heteroatoms. The Balaban J connectivity index is 1.59. The molecule has 4 rings (SSSR count). The van der Waals surface area contributed by atoms with Crippen LogP contribution in [0.1, 0.15) is 21.6 Å². The zero-order chi connectivity index (χ0) is 18.8. The van der Waals surface area contributed by atoms with E-state index in [-0.39, 0.29) is 17.9 Å². The number of H-pyrrole nitrogens is 1. The fourth-order valence-corrected chi connectivity index (χ4v) is 2.96. The smallest absolute Gasteiger partial charge is 0.268 e. The summed E-state index contributed by atoms with van der Waals surface area (Å²) >= 11 is 0. The second-order valence-electron chi connectivity index (χ2n) is 6.17. The monoisotopic (exact) mass is 366 g/mol. The summed E-state index contributed by atoms with van der Waals surface area (Å²) in [5, 5.41) is 2.79. The first-order valence-corrected chi connectivity index (χ1v) is 8.51. The molecule has 1 amide bonds. The van der Waals surface area contributed by atoms with E-state index in [0.717, 1.165) is 5.69 Å². The molecule has 1 aliphatic heterocycles. The van der Waals surface area contributed by atoms with Gasteiger partial charge in [-0.3, -0.25) is 14.2 Å². The van der Waals surface area contributed by atoms with Crippen LogP contribution in [0.15, 0.2) is 47.8 Å². The number of hydrogen-bond donors (Lipinski definition) is 2. The van der Waals surface area contributed by atoms with E-state index in [1.165, 1.54) is 4.57 Å². The largest absolute Gasteiger partial charge is 0.454 e. The molecule has 8 nitrogen and oxygen atoms in total. The third-order valence-corrected chi connectivity index (χ3v) is 4.40. The molecule has 0 atom stereocenters. The van der Waals surface area contributed by atoms with Crippen LogP contribution >= 0.6 is 0 Å². The molecule has 2 aromatic heterocycles. The minimum Gasteiger partial charge on any atom is -0.454 e. The SMILES string of the molecule is Cc1ccn(-c2ccc3c(c2)OCO3)c(=O)c1C(=O)NCCc1cnc[nH]1. The van der Waals surface area contributed by atoms with Gasteiger partial charge in [0, 0.05) is 37.1 Å². The van der Waals surface area contributed by atoms with Crippen molar-refractivity contribution in [1.29, 1.82) is 0 Å². The van der Waals surface area contributed by atoms with Gasteiger partial charge in [-0.25, -0.2) is 4.98 Å². The van der Waals surface area contributed by atoms with Gasteiger partial charge < -0.3 is 19.8 Å². The Kier molecular flexibility index (Phi) is 4.37. The van der Waals surface area contributed by atoms with Crippen LogP contribution in [0.4, 0.5) is 0 Å². The number of nitrogens with one attached hydrogen (secondary N) is 2. The first-order chi connectivity index (χ1) is 13.1. The average molecular weight is 366 g/mol. The van der Waals surface area contributed by atoms with Gasteiger partial charge in [0.15, 0.2) is 11.5 Å². The van der Waals surface area contributed by atoms with E-state index in [9.17, 15) is 9.59 Å². The zero-order valence-corrected chi connectivity index (χ0v) is 14.7. The van der Waals surface area contributed by atoms with E-state index in [0.29, 0.717) is 35.7 Å². The third-order valence-electron chi connectivity index (χ3n) is 4.40. The first-order valence-electron chi connectivity index (χ1n) is 8.51. The number of ether oxygens (including phenoxy) is 2. The molecule has 3 aromatic rings. The van der Waals surface area contributed by atoms with E-state index in [4.69, 9.17) is 9.47 Å². The molecule has 0 aliphatic carbocycles. The van der Waals surface area contributed by atoms with Crippen molar-refractivity contribution >= 4 is 5.91 Å². The molecule has 3 heterocycles. The maximum Gasteiger partial charge on any atom is 0.268 e. The van der Waals surface area contributed by atoms with Crippen LogP contribution in [-0.2, 0) is 6.42 Å². The Morgan fingerprint density at radius 2 is 2.15 bits per heavy atom. The molecule has 2 N–H and O–H groups in total. The number of benzene rings is 1. The Hall–Kier alpha value is -3.55. The molecule has 1 aliphatic rings. The summed E-state index contributed by atoms with van der Waals surface area (Å²) in [5.74, 6) is 0.813. The van der Waals surface area contributed by atoms with Crippen molar-refractivity contribution < 1.29 is 14.3 Å². The van der Waals surface area contributed by atoms with Crippen LogP contribution in [0.5, 0.6) is 11.5 Å². The van der Waals surface area contributed by atoms with Crippen molar-refractivity contribution in [3.8, 4) is 17.2 Å². The first kappa shape index (κ1) is 16.9. The molecular formula is C19H18N4O4. The number of hydrogen-bond acceptors (Lipinski definition) is 5. The number of amides is 1. The quantitative estimate of drug-likeness (QED) is 0.714. The van der Waals surface area contributed by atoms with Gasteiger partial charge in [-0.15, -0.1) is 0 Å². The lowest BCUT2D eigenvalue weighted by molar-refractivity contribution is 0.0951. The molecule has 1 aromatic carbocycles. The number of pyridine rings is 1. The van der Waals surface area contributed by atoms with Gasteiger partial charge in [0.25, 0.3) is 11.5 Å². The van der Waals surface area contributed by atoms with Gasteiger partial charge in [-0.1, -0.05) is 0 Å². The summed E-state index contributed by atoms with van der Waals surface area (Å²) < 4.78 is 12.1. The molecule has 138 valence electrons. The number of fused-ring (bicyclic) bond motifs is 1. The molecule has 0 saturated carbocycles. The van der Waals surface area contributed by atoms with Crippen LogP contribution in [0.3, 0.4) is 0 Å². The summed E-state index contributed by atoms with van der Waals surface area (Å²) in [5.41, 5.74) is 1.89. The van der Waals surface area contributed by atoms with Gasteiger partial charge in [0.05, 0.1) is 12.0 Å². The number of aromatic amines is 1. The lowest BCUT2D eigenvalue weighted by Gasteiger charge is -2.11. The molecule has 0 fully saturated rings. The Morgan fingerprint density at radius 3 is 2.96 bits per heavy atom. The van der Waals surface area contributed by atoms with Crippen LogP contribution in [0, 0.1) is 6.92 Å². The summed E-state index contributed by atoms with van der Waals surface area (Å²) in [7, 11) is 0. The number of carbonyl (C=O) groups excluding carboxylic acids is 1. The lowest BCUT2D eigenvalue weighted by Crippen LogP contribution is -2.34. The summed E-state index contributed by atoms with van der Waals surface area (Å²) in [6, 6.07) is 6.97.